The number of likely N-dealkylation sites (N-methyl/N-ethyl adjacent to an activating group) is 1. The first-order valence-corrected chi connectivity index (χ1v) is 9.76. The van der Waals surface area contributed by atoms with Crippen LogP contribution in [0.1, 0.15) is 35.3 Å². The monoisotopic (exact) mass is 379 g/mol. The lowest BCUT2D eigenvalue weighted by molar-refractivity contribution is -0.122. The molecule has 0 radical (unpaired) electrons. The molecule has 0 atom stereocenters. The predicted molar refractivity (Wildman–Crippen MR) is 111 cm³/mol. The molecular weight excluding hydrogens is 350 g/mol. The van der Waals surface area contributed by atoms with Crippen LogP contribution in [0.25, 0.3) is 0 Å². The lowest BCUT2D eigenvalue weighted by Crippen LogP contribution is -2.54. The molecule has 2 amide bonds. The molecule has 1 heterocycles. The van der Waals surface area contributed by atoms with Gasteiger partial charge in [-0.05, 0) is 43.5 Å². The standard InChI is InChI=1S/C23H29N3O2/c1-23(2,26-14-13-18-9-7-8-12-20(18)15-26)17-24-21(27)16-25(3)22(28)19-10-5-4-6-11-19/h4-12H,13-17H2,1-3H3,(H,24,27). The number of amides is 2. The highest BCUT2D eigenvalue weighted by atomic mass is 16.2. The Hall–Kier alpha value is -2.66. The van der Waals surface area contributed by atoms with E-state index < -0.39 is 0 Å². The molecule has 2 aromatic carbocycles. The fraction of sp³-hybridized carbons (Fsp3) is 0.391. The Balaban J connectivity index is 1.51. The van der Waals surface area contributed by atoms with Crippen LogP contribution in [0.5, 0.6) is 0 Å². The van der Waals surface area contributed by atoms with Gasteiger partial charge in [0.05, 0.1) is 6.54 Å². The molecule has 148 valence electrons. The molecule has 0 saturated carbocycles. The molecule has 0 bridgehead atoms. The SMILES string of the molecule is CN(CC(=O)NCC(C)(C)N1CCc2ccccc2C1)C(=O)c1ccccc1. The zero-order chi connectivity index (χ0) is 20.1. The molecule has 0 spiro atoms. The van der Waals surface area contributed by atoms with E-state index in [4.69, 9.17) is 0 Å². The maximum atomic E-state index is 12.4. The molecule has 0 aromatic heterocycles. The molecule has 0 fully saturated rings. The van der Waals surface area contributed by atoms with Gasteiger partial charge in [0, 0.05) is 37.8 Å². The van der Waals surface area contributed by atoms with Crippen molar-refractivity contribution in [1.29, 1.82) is 0 Å². The number of fused-ring (bicyclic) bond motifs is 1. The summed E-state index contributed by atoms with van der Waals surface area (Å²) in [6, 6.07) is 17.6. The van der Waals surface area contributed by atoms with Gasteiger partial charge in [0.2, 0.25) is 5.91 Å². The fourth-order valence-corrected chi connectivity index (χ4v) is 3.58. The molecule has 0 unspecified atom stereocenters. The number of rotatable bonds is 6. The van der Waals surface area contributed by atoms with Gasteiger partial charge < -0.3 is 10.2 Å². The summed E-state index contributed by atoms with van der Waals surface area (Å²) in [6.45, 7) is 6.77. The van der Waals surface area contributed by atoms with Crippen molar-refractivity contribution in [2.75, 3.05) is 26.7 Å². The van der Waals surface area contributed by atoms with Crippen molar-refractivity contribution < 1.29 is 9.59 Å². The van der Waals surface area contributed by atoms with Crippen molar-refractivity contribution in [3.05, 3.63) is 71.3 Å². The number of nitrogens with zero attached hydrogens (tertiary/aromatic N) is 2. The highest BCUT2D eigenvalue weighted by Crippen LogP contribution is 2.24. The van der Waals surface area contributed by atoms with Crippen LogP contribution in [-0.4, -0.2) is 53.8 Å². The molecule has 5 heteroatoms. The van der Waals surface area contributed by atoms with E-state index in [2.05, 4.69) is 48.3 Å². The average Bonchev–Trinajstić information content (AvgIpc) is 2.72. The summed E-state index contributed by atoms with van der Waals surface area (Å²) in [6.07, 6.45) is 1.03. The fourth-order valence-electron chi connectivity index (χ4n) is 3.58. The van der Waals surface area contributed by atoms with Crippen LogP contribution in [0.2, 0.25) is 0 Å². The van der Waals surface area contributed by atoms with Gasteiger partial charge in [0.15, 0.2) is 0 Å². The molecular formula is C23H29N3O2. The van der Waals surface area contributed by atoms with Crippen molar-refractivity contribution in [3.63, 3.8) is 0 Å². The second-order valence-corrected chi connectivity index (χ2v) is 8.06. The third kappa shape index (κ3) is 4.78. The minimum absolute atomic E-state index is 0.0483. The molecule has 0 saturated heterocycles. The normalized spacial score (nSPS) is 14.2. The van der Waals surface area contributed by atoms with Crippen molar-refractivity contribution >= 4 is 11.8 Å². The lowest BCUT2D eigenvalue weighted by atomic mass is 9.94. The van der Waals surface area contributed by atoms with Crippen molar-refractivity contribution in [1.82, 2.24) is 15.1 Å². The first kappa shape index (κ1) is 20.1. The molecule has 0 aliphatic carbocycles. The van der Waals surface area contributed by atoms with Gasteiger partial charge in [0.1, 0.15) is 0 Å². The van der Waals surface area contributed by atoms with Crippen molar-refractivity contribution in [3.8, 4) is 0 Å². The highest BCUT2D eigenvalue weighted by molar-refractivity contribution is 5.96. The summed E-state index contributed by atoms with van der Waals surface area (Å²) in [4.78, 5) is 28.6. The Kier molecular flexibility index (Phi) is 6.15. The Bertz CT molecular complexity index is 833. The molecule has 1 N–H and O–H groups in total. The summed E-state index contributed by atoms with van der Waals surface area (Å²) in [5.41, 5.74) is 3.21. The van der Waals surface area contributed by atoms with E-state index in [1.54, 1.807) is 19.2 Å². The van der Waals surface area contributed by atoms with Gasteiger partial charge >= 0.3 is 0 Å². The van der Waals surface area contributed by atoms with E-state index in [0.717, 1.165) is 19.5 Å². The van der Waals surface area contributed by atoms with Gasteiger partial charge in [-0.3, -0.25) is 14.5 Å². The zero-order valence-corrected chi connectivity index (χ0v) is 16.9. The van der Waals surface area contributed by atoms with E-state index in [0.29, 0.717) is 12.1 Å². The van der Waals surface area contributed by atoms with E-state index in [9.17, 15) is 9.59 Å². The van der Waals surface area contributed by atoms with Gasteiger partial charge in [-0.2, -0.15) is 0 Å². The second kappa shape index (κ2) is 8.57. The lowest BCUT2D eigenvalue weighted by Gasteiger charge is -2.41. The maximum Gasteiger partial charge on any atom is 0.254 e. The second-order valence-electron chi connectivity index (χ2n) is 8.06. The van der Waals surface area contributed by atoms with Gasteiger partial charge in [-0.25, -0.2) is 0 Å². The average molecular weight is 380 g/mol. The zero-order valence-electron chi connectivity index (χ0n) is 16.9. The summed E-state index contributed by atoms with van der Waals surface area (Å²) in [5.74, 6) is -0.292. The van der Waals surface area contributed by atoms with Crippen LogP contribution in [0.3, 0.4) is 0 Å². The first-order valence-electron chi connectivity index (χ1n) is 9.76. The maximum absolute atomic E-state index is 12.4. The topological polar surface area (TPSA) is 52.7 Å². The van der Waals surface area contributed by atoms with E-state index in [-0.39, 0.29) is 23.9 Å². The van der Waals surface area contributed by atoms with Crippen LogP contribution in [0, 0.1) is 0 Å². The number of benzene rings is 2. The smallest absolute Gasteiger partial charge is 0.254 e. The molecule has 1 aliphatic rings. The minimum Gasteiger partial charge on any atom is -0.353 e. The van der Waals surface area contributed by atoms with E-state index in [1.165, 1.54) is 16.0 Å². The Morgan fingerprint density at radius 2 is 1.68 bits per heavy atom. The van der Waals surface area contributed by atoms with Crippen LogP contribution in [0.4, 0.5) is 0 Å². The molecule has 28 heavy (non-hydrogen) atoms. The van der Waals surface area contributed by atoms with Crippen LogP contribution >= 0.6 is 0 Å². The number of hydrogen-bond acceptors (Lipinski definition) is 3. The Labute approximate surface area is 167 Å². The number of hydrogen-bond donors (Lipinski definition) is 1. The molecule has 3 rings (SSSR count). The van der Waals surface area contributed by atoms with Crippen molar-refractivity contribution in [2.24, 2.45) is 0 Å². The van der Waals surface area contributed by atoms with Crippen LogP contribution in [-0.2, 0) is 17.8 Å². The predicted octanol–water partition coefficient (Wildman–Crippen LogP) is 2.71. The quantitative estimate of drug-likeness (QED) is 0.840. The van der Waals surface area contributed by atoms with E-state index >= 15 is 0 Å². The summed E-state index contributed by atoms with van der Waals surface area (Å²) < 4.78 is 0. The van der Waals surface area contributed by atoms with Crippen LogP contribution < -0.4 is 5.32 Å². The largest absolute Gasteiger partial charge is 0.353 e. The third-order valence-corrected chi connectivity index (χ3v) is 5.45. The number of carbonyl (C=O) groups excluding carboxylic acids is 2. The van der Waals surface area contributed by atoms with Crippen molar-refractivity contribution in [2.45, 2.75) is 32.4 Å². The van der Waals surface area contributed by atoms with Gasteiger partial charge in [-0.1, -0.05) is 42.5 Å². The third-order valence-electron chi connectivity index (χ3n) is 5.45. The first-order chi connectivity index (χ1) is 13.4. The molecule has 1 aliphatic heterocycles. The highest BCUT2D eigenvalue weighted by Gasteiger charge is 2.30. The number of carbonyl (C=O) groups is 2. The summed E-state index contributed by atoms with van der Waals surface area (Å²) >= 11 is 0. The molecule has 2 aromatic rings. The Morgan fingerprint density at radius 3 is 2.39 bits per heavy atom. The number of nitrogens with one attached hydrogen (secondary N) is 1. The van der Waals surface area contributed by atoms with E-state index in [1.807, 2.05) is 18.2 Å². The van der Waals surface area contributed by atoms with Crippen LogP contribution in [0.15, 0.2) is 54.6 Å². The summed E-state index contributed by atoms with van der Waals surface area (Å²) in [7, 11) is 1.65. The molecule has 5 nitrogen and oxygen atoms in total. The minimum atomic E-state index is -0.162. The van der Waals surface area contributed by atoms with Gasteiger partial charge in [0.25, 0.3) is 5.91 Å². The Morgan fingerprint density at radius 1 is 1.04 bits per heavy atom. The van der Waals surface area contributed by atoms with Gasteiger partial charge in [-0.15, -0.1) is 0 Å². The summed E-state index contributed by atoms with van der Waals surface area (Å²) in [5, 5.41) is 3.01.